The van der Waals surface area contributed by atoms with Crippen LogP contribution >= 0.6 is 23.4 Å². The third-order valence-electron chi connectivity index (χ3n) is 5.90. The molecule has 0 spiro atoms. The van der Waals surface area contributed by atoms with Gasteiger partial charge in [-0.25, -0.2) is 4.39 Å². The standard InChI is InChI=1S/C29H21ClFNO4S/c1-35-25-14-19(13-24(30)27(25)36-17-18-6-4-10-22(31)12-18)15-26-28(33)32(29(34)37-26)16-21-9-5-8-20-7-2-3-11-23(20)21/h2-15H,16-17H2,1H3/b26-15+. The molecule has 1 fully saturated rings. The number of carbonyl (C=O) groups excluding carboxylic acids is 2. The van der Waals surface area contributed by atoms with Gasteiger partial charge in [0.25, 0.3) is 11.1 Å². The van der Waals surface area contributed by atoms with E-state index in [-0.39, 0.29) is 40.0 Å². The first-order valence-corrected chi connectivity index (χ1v) is 12.6. The Hall–Kier alpha value is -3.81. The van der Waals surface area contributed by atoms with Crippen molar-refractivity contribution >= 4 is 51.4 Å². The molecule has 8 heteroatoms. The van der Waals surface area contributed by atoms with Crippen molar-refractivity contribution in [2.24, 2.45) is 0 Å². The van der Waals surface area contributed by atoms with Crippen LogP contribution in [0, 0.1) is 5.82 Å². The van der Waals surface area contributed by atoms with Gasteiger partial charge in [-0.2, -0.15) is 0 Å². The summed E-state index contributed by atoms with van der Waals surface area (Å²) in [6.07, 6.45) is 1.61. The summed E-state index contributed by atoms with van der Waals surface area (Å²) in [6, 6.07) is 23.1. The quantitative estimate of drug-likeness (QED) is 0.231. The minimum absolute atomic E-state index is 0.0975. The zero-order valence-electron chi connectivity index (χ0n) is 19.7. The molecule has 186 valence electrons. The summed E-state index contributed by atoms with van der Waals surface area (Å²) in [6.45, 7) is 0.278. The van der Waals surface area contributed by atoms with Gasteiger partial charge in [-0.1, -0.05) is 66.2 Å². The Morgan fingerprint density at radius 1 is 1.00 bits per heavy atom. The van der Waals surface area contributed by atoms with Crippen molar-refractivity contribution in [1.29, 1.82) is 0 Å². The molecule has 0 atom stereocenters. The fourth-order valence-electron chi connectivity index (χ4n) is 4.13. The fourth-order valence-corrected chi connectivity index (χ4v) is 5.25. The Bertz CT molecular complexity index is 1550. The number of hydrogen-bond donors (Lipinski definition) is 0. The number of amides is 2. The highest BCUT2D eigenvalue weighted by molar-refractivity contribution is 8.18. The largest absolute Gasteiger partial charge is 0.493 e. The maximum absolute atomic E-state index is 13.5. The van der Waals surface area contributed by atoms with Crippen molar-refractivity contribution in [2.75, 3.05) is 7.11 Å². The third kappa shape index (κ3) is 5.33. The van der Waals surface area contributed by atoms with Crippen molar-refractivity contribution < 1.29 is 23.5 Å². The maximum Gasteiger partial charge on any atom is 0.293 e. The van der Waals surface area contributed by atoms with E-state index in [0.717, 1.165) is 28.1 Å². The van der Waals surface area contributed by atoms with E-state index in [1.54, 1.807) is 30.3 Å². The van der Waals surface area contributed by atoms with Crippen LogP contribution in [0.5, 0.6) is 11.5 Å². The highest BCUT2D eigenvalue weighted by atomic mass is 35.5. The lowest BCUT2D eigenvalue weighted by Gasteiger charge is -2.14. The van der Waals surface area contributed by atoms with Crippen LogP contribution in [0.25, 0.3) is 16.8 Å². The van der Waals surface area contributed by atoms with Crippen LogP contribution in [-0.4, -0.2) is 23.2 Å². The molecular formula is C29H21ClFNO4S. The Labute approximate surface area is 222 Å². The topological polar surface area (TPSA) is 55.8 Å². The van der Waals surface area contributed by atoms with Gasteiger partial charge in [-0.05, 0) is 69.6 Å². The first-order chi connectivity index (χ1) is 17.9. The van der Waals surface area contributed by atoms with E-state index >= 15 is 0 Å². The van der Waals surface area contributed by atoms with Crippen molar-refractivity contribution in [3.8, 4) is 11.5 Å². The van der Waals surface area contributed by atoms with Crippen molar-refractivity contribution in [1.82, 2.24) is 4.90 Å². The zero-order valence-corrected chi connectivity index (χ0v) is 21.3. The molecule has 5 nitrogen and oxygen atoms in total. The first kappa shape index (κ1) is 24.9. The first-order valence-electron chi connectivity index (χ1n) is 11.4. The normalized spacial score (nSPS) is 14.6. The number of hydrogen-bond acceptors (Lipinski definition) is 5. The zero-order chi connectivity index (χ0) is 25.9. The molecule has 1 heterocycles. The van der Waals surface area contributed by atoms with E-state index in [4.69, 9.17) is 21.1 Å². The van der Waals surface area contributed by atoms with Crippen molar-refractivity contribution in [2.45, 2.75) is 13.2 Å². The fraction of sp³-hybridized carbons (Fsp3) is 0.103. The number of carbonyl (C=O) groups is 2. The van der Waals surface area contributed by atoms with E-state index in [2.05, 4.69) is 0 Å². The number of benzene rings is 4. The lowest BCUT2D eigenvalue weighted by Crippen LogP contribution is -2.27. The Kier molecular flexibility index (Phi) is 7.17. The van der Waals surface area contributed by atoms with Crippen LogP contribution < -0.4 is 9.47 Å². The number of fused-ring (bicyclic) bond motifs is 1. The van der Waals surface area contributed by atoms with Gasteiger partial charge in [-0.3, -0.25) is 14.5 Å². The average Bonchev–Trinajstić information content (AvgIpc) is 3.15. The molecular weight excluding hydrogens is 513 g/mol. The molecule has 4 aromatic carbocycles. The lowest BCUT2D eigenvalue weighted by atomic mass is 10.0. The summed E-state index contributed by atoms with van der Waals surface area (Å²) in [7, 11) is 1.47. The lowest BCUT2D eigenvalue weighted by molar-refractivity contribution is -0.123. The van der Waals surface area contributed by atoms with Gasteiger partial charge >= 0.3 is 0 Å². The van der Waals surface area contributed by atoms with E-state index in [0.29, 0.717) is 22.6 Å². The minimum Gasteiger partial charge on any atom is -0.493 e. The smallest absolute Gasteiger partial charge is 0.293 e. The van der Waals surface area contributed by atoms with Gasteiger partial charge in [0.2, 0.25) is 0 Å². The number of thioether (sulfide) groups is 1. The van der Waals surface area contributed by atoms with Crippen LogP contribution in [0.1, 0.15) is 16.7 Å². The maximum atomic E-state index is 13.5. The average molecular weight is 534 g/mol. The molecule has 0 radical (unpaired) electrons. The molecule has 1 saturated heterocycles. The second kappa shape index (κ2) is 10.7. The molecule has 5 rings (SSSR count). The number of imide groups is 1. The SMILES string of the molecule is COc1cc(/C=C2/SC(=O)N(Cc3cccc4ccccc34)C2=O)cc(Cl)c1OCc1cccc(F)c1. The molecule has 2 amide bonds. The Balaban J connectivity index is 1.37. The number of halogens is 2. The van der Waals surface area contributed by atoms with E-state index in [1.807, 2.05) is 42.5 Å². The summed E-state index contributed by atoms with van der Waals surface area (Å²) in [5.41, 5.74) is 2.11. The highest BCUT2D eigenvalue weighted by Crippen LogP contribution is 2.40. The number of methoxy groups -OCH3 is 1. The van der Waals surface area contributed by atoms with Gasteiger partial charge < -0.3 is 9.47 Å². The van der Waals surface area contributed by atoms with Crippen LogP contribution in [-0.2, 0) is 17.9 Å². The monoisotopic (exact) mass is 533 g/mol. The van der Waals surface area contributed by atoms with E-state index < -0.39 is 0 Å². The number of nitrogens with zero attached hydrogens (tertiary/aromatic N) is 1. The summed E-state index contributed by atoms with van der Waals surface area (Å²) < 4.78 is 24.7. The van der Waals surface area contributed by atoms with Gasteiger partial charge in [-0.15, -0.1) is 0 Å². The molecule has 1 aliphatic heterocycles. The summed E-state index contributed by atoms with van der Waals surface area (Å²) in [5.74, 6) is -0.0758. The predicted molar refractivity (Wildman–Crippen MR) is 144 cm³/mol. The number of rotatable bonds is 7. The molecule has 0 N–H and O–H groups in total. The molecule has 37 heavy (non-hydrogen) atoms. The molecule has 0 unspecified atom stereocenters. The van der Waals surface area contributed by atoms with Gasteiger partial charge in [0.15, 0.2) is 11.5 Å². The third-order valence-corrected chi connectivity index (χ3v) is 7.09. The predicted octanol–water partition coefficient (Wildman–Crippen LogP) is 7.46. The van der Waals surface area contributed by atoms with Crippen LogP contribution in [0.3, 0.4) is 0 Å². The molecule has 0 aliphatic carbocycles. The van der Waals surface area contributed by atoms with Crippen molar-refractivity contribution in [3.63, 3.8) is 0 Å². The van der Waals surface area contributed by atoms with Crippen molar-refractivity contribution in [3.05, 3.63) is 111 Å². The molecule has 0 saturated carbocycles. The molecule has 0 bridgehead atoms. The molecule has 4 aromatic rings. The molecule has 1 aliphatic rings. The second-order valence-corrected chi connectivity index (χ2v) is 9.76. The second-order valence-electron chi connectivity index (χ2n) is 8.36. The molecule has 0 aromatic heterocycles. The summed E-state index contributed by atoms with van der Waals surface area (Å²) in [5, 5.41) is 1.97. The van der Waals surface area contributed by atoms with Gasteiger partial charge in [0.1, 0.15) is 12.4 Å². The Morgan fingerprint density at radius 2 is 1.78 bits per heavy atom. The summed E-state index contributed by atoms with van der Waals surface area (Å²) in [4.78, 5) is 27.4. The highest BCUT2D eigenvalue weighted by Gasteiger charge is 2.35. The summed E-state index contributed by atoms with van der Waals surface area (Å²) >= 11 is 7.36. The minimum atomic E-state index is -0.371. The van der Waals surface area contributed by atoms with Gasteiger partial charge in [0.05, 0.1) is 23.6 Å². The van der Waals surface area contributed by atoms with E-state index in [9.17, 15) is 14.0 Å². The van der Waals surface area contributed by atoms with Crippen LogP contribution in [0.4, 0.5) is 9.18 Å². The van der Waals surface area contributed by atoms with Crippen LogP contribution in [0.2, 0.25) is 5.02 Å². The number of ether oxygens (including phenoxy) is 2. The van der Waals surface area contributed by atoms with Crippen LogP contribution in [0.15, 0.2) is 83.8 Å². The Morgan fingerprint density at radius 3 is 2.59 bits per heavy atom. The van der Waals surface area contributed by atoms with E-state index in [1.165, 1.54) is 24.1 Å². The van der Waals surface area contributed by atoms with Gasteiger partial charge in [0, 0.05) is 0 Å².